The molecule has 104 valence electrons. The molecule has 0 radical (unpaired) electrons. The van der Waals surface area contributed by atoms with Crippen LogP contribution in [0.2, 0.25) is 0 Å². The van der Waals surface area contributed by atoms with Gasteiger partial charge in [-0.3, -0.25) is 4.57 Å². The van der Waals surface area contributed by atoms with E-state index in [4.69, 9.17) is 0 Å². The van der Waals surface area contributed by atoms with E-state index >= 15 is 0 Å². The lowest BCUT2D eigenvalue weighted by molar-refractivity contribution is 0.707. The first-order valence-electron chi connectivity index (χ1n) is 6.20. The van der Waals surface area contributed by atoms with Crippen molar-refractivity contribution in [3.05, 3.63) is 35.7 Å². The fourth-order valence-corrected chi connectivity index (χ4v) is 2.01. The molecule has 0 aliphatic carbocycles. The summed E-state index contributed by atoms with van der Waals surface area (Å²) < 4.78 is 2.05. The van der Waals surface area contributed by atoms with E-state index in [0.29, 0.717) is 5.92 Å². The van der Waals surface area contributed by atoms with Crippen LogP contribution in [0.25, 0.3) is 0 Å². The second-order valence-corrected chi connectivity index (χ2v) is 4.97. The van der Waals surface area contributed by atoms with Gasteiger partial charge in [0.2, 0.25) is 5.95 Å². The number of aromatic nitrogens is 3. The van der Waals surface area contributed by atoms with E-state index in [0.717, 1.165) is 17.5 Å². The maximum atomic E-state index is 4.27. The Morgan fingerprint density at radius 1 is 1.11 bits per heavy atom. The Hall–Kier alpha value is -1.55. The number of hydrogen-bond acceptors (Lipinski definition) is 3. The number of nitrogens with zero attached hydrogens (tertiary/aromatic N) is 4. The first kappa shape index (κ1) is 15.5. The molecule has 19 heavy (non-hydrogen) atoms. The number of anilines is 2. The lowest BCUT2D eigenvalue weighted by Crippen LogP contribution is -2.15. The summed E-state index contributed by atoms with van der Waals surface area (Å²) in [6.45, 7) is 6.34. The number of halogens is 1. The maximum absolute atomic E-state index is 4.27. The average molecular weight is 281 g/mol. The van der Waals surface area contributed by atoms with Crippen molar-refractivity contribution in [2.24, 2.45) is 7.05 Å². The highest BCUT2D eigenvalue weighted by molar-refractivity contribution is 5.85. The lowest BCUT2D eigenvalue weighted by atomic mass is 10.2. The van der Waals surface area contributed by atoms with E-state index in [1.807, 2.05) is 18.7 Å². The molecule has 0 bridgehead atoms. The number of benzene rings is 1. The van der Waals surface area contributed by atoms with Crippen molar-refractivity contribution < 1.29 is 0 Å². The van der Waals surface area contributed by atoms with Crippen LogP contribution in [0.1, 0.15) is 31.2 Å². The number of hydrogen-bond donors (Lipinski definition) is 0. The van der Waals surface area contributed by atoms with Gasteiger partial charge in [-0.2, -0.15) is 0 Å². The molecular weight excluding hydrogens is 260 g/mol. The topological polar surface area (TPSA) is 34.0 Å². The zero-order valence-electron chi connectivity index (χ0n) is 12.1. The molecule has 2 rings (SSSR count). The minimum atomic E-state index is 0. The monoisotopic (exact) mass is 280 g/mol. The molecule has 5 heteroatoms. The van der Waals surface area contributed by atoms with Crippen molar-refractivity contribution in [2.75, 3.05) is 11.9 Å². The molecule has 0 spiro atoms. The van der Waals surface area contributed by atoms with Crippen LogP contribution in [0.5, 0.6) is 0 Å². The maximum Gasteiger partial charge on any atom is 0.231 e. The second-order valence-electron chi connectivity index (χ2n) is 4.97. The standard InChI is InChI=1S/C14H20N4.ClH/c1-10(2)13-15-16-14(18(13)5)17(4)12-8-6-11(3)7-9-12;/h6-10H,1-5H3;1H. The third-order valence-electron chi connectivity index (χ3n) is 3.12. The van der Waals surface area contributed by atoms with E-state index in [1.165, 1.54) is 5.56 Å². The molecule has 1 heterocycles. The molecule has 2 aromatic rings. The van der Waals surface area contributed by atoms with Gasteiger partial charge in [-0.15, -0.1) is 22.6 Å². The summed E-state index contributed by atoms with van der Waals surface area (Å²) >= 11 is 0. The minimum Gasteiger partial charge on any atom is -0.314 e. The van der Waals surface area contributed by atoms with Crippen molar-refractivity contribution in [2.45, 2.75) is 26.7 Å². The smallest absolute Gasteiger partial charge is 0.231 e. The van der Waals surface area contributed by atoms with Gasteiger partial charge >= 0.3 is 0 Å². The van der Waals surface area contributed by atoms with E-state index in [-0.39, 0.29) is 12.4 Å². The van der Waals surface area contributed by atoms with E-state index in [2.05, 4.69) is 60.1 Å². The van der Waals surface area contributed by atoms with Crippen LogP contribution < -0.4 is 4.90 Å². The van der Waals surface area contributed by atoms with Crippen LogP contribution >= 0.6 is 12.4 Å². The molecule has 0 unspecified atom stereocenters. The molecule has 0 saturated heterocycles. The van der Waals surface area contributed by atoms with Crippen LogP contribution in [0.3, 0.4) is 0 Å². The Kier molecular flexibility index (Phi) is 4.95. The summed E-state index contributed by atoms with van der Waals surface area (Å²) in [7, 11) is 4.02. The van der Waals surface area contributed by atoms with Gasteiger partial charge in [0.1, 0.15) is 5.82 Å². The molecule has 0 fully saturated rings. The first-order valence-corrected chi connectivity index (χ1v) is 6.20. The van der Waals surface area contributed by atoms with E-state index < -0.39 is 0 Å². The Morgan fingerprint density at radius 3 is 2.16 bits per heavy atom. The zero-order valence-corrected chi connectivity index (χ0v) is 12.9. The van der Waals surface area contributed by atoms with E-state index in [1.54, 1.807) is 0 Å². The zero-order chi connectivity index (χ0) is 13.3. The predicted molar refractivity (Wildman–Crippen MR) is 81.6 cm³/mol. The van der Waals surface area contributed by atoms with Crippen molar-refractivity contribution in [3.63, 3.8) is 0 Å². The van der Waals surface area contributed by atoms with Crippen LogP contribution in [0, 0.1) is 6.92 Å². The van der Waals surface area contributed by atoms with Gasteiger partial charge < -0.3 is 4.90 Å². The van der Waals surface area contributed by atoms with Crippen LogP contribution in [0.15, 0.2) is 24.3 Å². The highest BCUT2D eigenvalue weighted by atomic mass is 35.5. The SMILES string of the molecule is Cc1ccc(N(C)c2nnc(C(C)C)n2C)cc1.Cl. The Bertz CT molecular complexity index is 531. The largest absolute Gasteiger partial charge is 0.314 e. The number of rotatable bonds is 3. The van der Waals surface area contributed by atoms with E-state index in [9.17, 15) is 0 Å². The van der Waals surface area contributed by atoms with Crippen LogP contribution in [0.4, 0.5) is 11.6 Å². The summed E-state index contributed by atoms with van der Waals surface area (Å²) in [5, 5.41) is 8.53. The Morgan fingerprint density at radius 2 is 1.68 bits per heavy atom. The molecule has 0 aliphatic heterocycles. The third-order valence-corrected chi connectivity index (χ3v) is 3.12. The lowest BCUT2D eigenvalue weighted by Gasteiger charge is -2.18. The second kappa shape index (κ2) is 6.06. The summed E-state index contributed by atoms with van der Waals surface area (Å²) in [5.74, 6) is 2.24. The average Bonchev–Trinajstić information content (AvgIpc) is 2.71. The molecule has 4 nitrogen and oxygen atoms in total. The summed E-state index contributed by atoms with van der Waals surface area (Å²) in [6.07, 6.45) is 0. The van der Waals surface area contributed by atoms with Crippen molar-refractivity contribution >= 4 is 24.0 Å². The van der Waals surface area contributed by atoms with Gasteiger partial charge in [-0.05, 0) is 19.1 Å². The molecular formula is C14H21ClN4. The minimum absolute atomic E-state index is 0. The Labute approximate surface area is 120 Å². The normalized spacial score (nSPS) is 10.4. The molecule has 0 aliphatic rings. The Balaban J connectivity index is 0.00000180. The molecule has 1 aromatic heterocycles. The highest BCUT2D eigenvalue weighted by Crippen LogP contribution is 2.23. The van der Waals surface area contributed by atoms with Gasteiger partial charge in [0.15, 0.2) is 0 Å². The van der Waals surface area contributed by atoms with Gasteiger partial charge in [-0.25, -0.2) is 0 Å². The van der Waals surface area contributed by atoms with Gasteiger partial charge in [0.05, 0.1) is 0 Å². The van der Waals surface area contributed by atoms with Crippen molar-refractivity contribution in [3.8, 4) is 0 Å². The predicted octanol–water partition coefficient (Wildman–Crippen LogP) is 3.44. The molecule has 1 aromatic carbocycles. The summed E-state index contributed by atoms with van der Waals surface area (Å²) in [6, 6.07) is 8.40. The third kappa shape index (κ3) is 3.07. The van der Waals surface area contributed by atoms with Gasteiger partial charge in [0.25, 0.3) is 0 Å². The van der Waals surface area contributed by atoms with Crippen LogP contribution in [-0.2, 0) is 7.05 Å². The van der Waals surface area contributed by atoms with Crippen molar-refractivity contribution in [1.82, 2.24) is 14.8 Å². The quantitative estimate of drug-likeness (QED) is 0.864. The highest BCUT2D eigenvalue weighted by Gasteiger charge is 2.15. The summed E-state index contributed by atoms with van der Waals surface area (Å²) in [4.78, 5) is 2.05. The summed E-state index contributed by atoms with van der Waals surface area (Å²) in [5.41, 5.74) is 2.37. The van der Waals surface area contributed by atoms with Gasteiger partial charge in [-0.1, -0.05) is 31.5 Å². The van der Waals surface area contributed by atoms with Gasteiger partial charge in [0, 0.05) is 25.7 Å². The fraction of sp³-hybridized carbons (Fsp3) is 0.429. The molecule has 0 atom stereocenters. The number of aryl methyl sites for hydroxylation is 1. The fourth-order valence-electron chi connectivity index (χ4n) is 2.01. The van der Waals surface area contributed by atoms with Crippen LogP contribution in [-0.4, -0.2) is 21.8 Å². The first-order chi connectivity index (χ1) is 8.50. The molecule has 0 saturated carbocycles. The molecule has 0 amide bonds. The molecule has 0 N–H and O–H groups in total. The van der Waals surface area contributed by atoms with Crippen molar-refractivity contribution in [1.29, 1.82) is 0 Å².